The molecule has 0 spiro atoms. The topological polar surface area (TPSA) is 47.0 Å². The van der Waals surface area contributed by atoms with E-state index >= 15 is 0 Å². The summed E-state index contributed by atoms with van der Waals surface area (Å²) in [5.41, 5.74) is 2.35. The molecule has 0 amide bonds. The molecular weight excluding hydrogens is 282 g/mol. The highest BCUT2D eigenvalue weighted by Crippen LogP contribution is 2.31. The second-order valence-electron chi connectivity index (χ2n) is 5.82. The number of hydrogen-bond acceptors (Lipinski definition) is 5. The predicted molar refractivity (Wildman–Crippen MR) is 87.7 cm³/mol. The maximum Gasteiger partial charge on any atom is 0.140 e. The summed E-state index contributed by atoms with van der Waals surface area (Å²) in [6.07, 6.45) is 7.84. The maximum atomic E-state index is 5.55. The summed E-state index contributed by atoms with van der Waals surface area (Å²) in [4.78, 5) is 9.53. The minimum absolute atomic E-state index is 0.647. The standard InChI is InChI=1S/C16H25N3OS/c1-2-17-16-13-10-20-9-8-14(13)18-15(19-16)11-21-12-6-4-3-5-7-12/h12H,2-11H2,1H3,(H,17,18,19). The molecule has 0 radical (unpaired) electrons. The van der Waals surface area contributed by atoms with Crippen molar-refractivity contribution in [1.82, 2.24) is 9.97 Å². The Morgan fingerprint density at radius 2 is 2.10 bits per heavy atom. The number of rotatable bonds is 5. The largest absolute Gasteiger partial charge is 0.376 e. The van der Waals surface area contributed by atoms with Gasteiger partial charge in [0.2, 0.25) is 0 Å². The summed E-state index contributed by atoms with van der Waals surface area (Å²) in [6, 6.07) is 0. The van der Waals surface area contributed by atoms with Gasteiger partial charge in [0.15, 0.2) is 0 Å². The van der Waals surface area contributed by atoms with Crippen molar-refractivity contribution in [1.29, 1.82) is 0 Å². The van der Waals surface area contributed by atoms with Crippen molar-refractivity contribution in [3.8, 4) is 0 Å². The van der Waals surface area contributed by atoms with E-state index in [2.05, 4.69) is 12.2 Å². The molecule has 2 aliphatic rings. The molecule has 1 aliphatic carbocycles. The Labute approximate surface area is 131 Å². The van der Waals surface area contributed by atoms with E-state index in [-0.39, 0.29) is 0 Å². The lowest BCUT2D eigenvalue weighted by Gasteiger charge is -2.22. The van der Waals surface area contributed by atoms with Crippen LogP contribution in [0.5, 0.6) is 0 Å². The normalized spacial score (nSPS) is 19.3. The summed E-state index contributed by atoms with van der Waals surface area (Å²) in [5.74, 6) is 2.92. The molecule has 0 unspecified atom stereocenters. The van der Waals surface area contributed by atoms with Gasteiger partial charge in [0, 0.05) is 23.8 Å². The van der Waals surface area contributed by atoms with Crippen LogP contribution in [0.3, 0.4) is 0 Å². The smallest absolute Gasteiger partial charge is 0.140 e. The molecule has 1 aromatic heterocycles. The molecule has 1 aromatic rings. The molecule has 1 fully saturated rings. The van der Waals surface area contributed by atoms with Crippen LogP contribution in [0.25, 0.3) is 0 Å². The minimum Gasteiger partial charge on any atom is -0.376 e. The number of nitrogens with zero attached hydrogens (tertiary/aromatic N) is 2. The third kappa shape index (κ3) is 3.89. The van der Waals surface area contributed by atoms with Crippen molar-refractivity contribution in [2.24, 2.45) is 0 Å². The molecule has 0 atom stereocenters. The van der Waals surface area contributed by atoms with Crippen molar-refractivity contribution in [2.75, 3.05) is 18.5 Å². The van der Waals surface area contributed by atoms with Gasteiger partial charge in [-0.15, -0.1) is 0 Å². The van der Waals surface area contributed by atoms with Gasteiger partial charge in [0.1, 0.15) is 11.6 Å². The van der Waals surface area contributed by atoms with Crippen LogP contribution in [0, 0.1) is 0 Å². The Hall–Kier alpha value is -0.810. The van der Waals surface area contributed by atoms with E-state index in [9.17, 15) is 0 Å². The highest BCUT2D eigenvalue weighted by atomic mass is 32.2. The second-order valence-corrected chi connectivity index (χ2v) is 7.11. The third-order valence-electron chi connectivity index (χ3n) is 4.21. The van der Waals surface area contributed by atoms with Gasteiger partial charge in [-0.2, -0.15) is 11.8 Å². The average molecular weight is 307 g/mol. The van der Waals surface area contributed by atoms with Crippen molar-refractivity contribution >= 4 is 17.6 Å². The van der Waals surface area contributed by atoms with Crippen LogP contribution in [0.4, 0.5) is 5.82 Å². The van der Waals surface area contributed by atoms with Gasteiger partial charge in [0.25, 0.3) is 0 Å². The fourth-order valence-corrected chi connectivity index (χ4v) is 4.27. The molecule has 116 valence electrons. The number of ether oxygens (including phenoxy) is 1. The molecule has 1 N–H and O–H groups in total. The second kappa shape index (κ2) is 7.45. The number of hydrogen-bond donors (Lipinski definition) is 1. The quantitative estimate of drug-likeness (QED) is 0.901. The van der Waals surface area contributed by atoms with E-state index < -0.39 is 0 Å². The molecule has 0 aromatic carbocycles. The van der Waals surface area contributed by atoms with E-state index in [1.54, 1.807) is 0 Å². The number of fused-ring (bicyclic) bond motifs is 1. The Balaban J connectivity index is 1.70. The van der Waals surface area contributed by atoms with Crippen LogP contribution in [0.15, 0.2) is 0 Å². The Kier molecular flexibility index (Phi) is 5.36. The van der Waals surface area contributed by atoms with Crippen molar-refractivity contribution in [3.05, 3.63) is 17.1 Å². The van der Waals surface area contributed by atoms with E-state index in [4.69, 9.17) is 14.7 Å². The summed E-state index contributed by atoms with van der Waals surface area (Å²) in [6.45, 7) is 4.42. The summed E-state index contributed by atoms with van der Waals surface area (Å²) in [5, 5.41) is 4.18. The third-order valence-corrected chi connectivity index (χ3v) is 5.58. The van der Waals surface area contributed by atoms with E-state index in [1.165, 1.54) is 37.8 Å². The van der Waals surface area contributed by atoms with Crippen LogP contribution in [-0.4, -0.2) is 28.4 Å². The van der Waals surface area contributed by atoms with Gasteiger partial charge in [-0.1, -0.05) is 19.3 Å². The molecule has 0 saturated heterocycles. The van der Waals surface area contributed by atoms with Crippen LogP contribution in [-0.2, 0) is 23.5 Å². The average Bonchev–Trinajstić information content (AvgIpc) is 2.54. The molecule has 3 rings (SSSR count). The Morgan fingerprint density at radius 1 is 1.24 bits per heavy atom. The van der Waals surface area contributed by atoms with Crippen LogP contribution in [0.1, 0.15) is 56.1 Å². The summed E-state index contributed by atoms with van der Waals surface area (Å²) in [7, 11) is 0. The first kappa shape index (κ1) is 15.1. The lowest BCUT2D eigenvalue weighted by molar-refractivity contribution is 0.109. The van der Waals surface area contributed by atoms with E-state index in [0.717, 1.165) is 47.8 Å². The molecule has 0 bridgehead atoms. The van der Waals surface area contributed by atoms with Crippen molar-refractivity contribution < 1.29 is 4.74 Å². The maximum absolute atomic E-state index is 5.55. The summed E-state index contributed by atoms with van der Waals surface area (Å²) < 4.78 is 5.55. The van der Waals surface area contributed by atoms with Crippen LogP contribution < -0.4 is 5.32 Å². The van der Waals surface area contributed by atoms with Gasteiger partial charge in [0.05, 0.1) is 24.7 Å². The predicted octanol–water partition coefficient (Wildman–Crippen LogP) is 3.55. The van der Waals surface area contributed by atoms with Crippen molar-refractivity contribution in [3.63, 3.8) is 0 Å². The van der Waals surface area contributed by atoms with Crippen LogP contribution >= 0.6 is 11.8 Å². The first-order chi connectivity index (χ1) is 10.4. The highest BCUT2D eigenvalue weighted by molar-refractivity contribution is 7.99. The SMILES string of the molecule is CCNc1nc(CSC2CCCCC2)nc2c1COCC2. The zero-order valence-corrected chi connectivity index (χ0v) is 13.7. The van der Waals surface area contributed by atoms with Gasteiger partial charge < -0.3 is 10.1 Å². The fourth-order valence-electron chi connectivity index (χ4n) is 3.09. The Morgan fingerprint density at radius 3 is 2.90 bits per heavy atom. The zero-order valence-electron chi connectivity index (χ0n) is 12.9. The molecule has 1 saturated carbocycles. The number of nitrogens with one attached hydrogen (secondary N) is 1. The minimum atomic E-state index is 0.647. The molecule has 1 aliphatic heterocycles. The first-order valence-electron chi connectivity index (χ1n) is 8.18. The summed E-state index contributed by atoms with van der Waals surface area (Å²) >= 11 is 2.04. The number of aromatic nitrogens is 2. The van der Waals surface area contributed by atoms with Crippen LogP contribution in [0.2, 0.25) is 0 Å². The molecule has 21 heavy (non-hydrogen) atoms. The molecule has 4 nitrogen and oxygen atoms in total. The van der Waals surface area contributed by atoms with Gasteiger partial charge >= 0.3 is 0 Å². The Bertz CT molecular complexity index is 475. The lowest BCUT2D eigenvalue weighted by atomic mass is 10.0. The number of anilines is 1. The molecule has 5 heteroatoms. The fraction of sp³-hybridized carbons (Fsp3) is 0.750. The van der Waals surface area contributed by atoms with Crippen molar-refractivity contribution in [2.45, 2.75) is 63.1 Å². The highest BCUT2D eigenvalue weighted by Gasteiger charge is 2.19. The first-order valence-corrected chi connectivity index (χ1v) is 9.23. The zero-order chi connectivity index (χ0) is 14.5. The van der Waals surface area contributed by atoms with Gasteiger partial charge in [-0.3, -0.25) is 0 Å². The van der Waals surface area contributed by atoms with Gasteiger partial charge in [-0.05, 0) is 19.8 Å². The molecular formula is C16H25N3OS. The van der Waals surface area contributed by atoms with Gasteiger partial charge in [-0.25, -0.2) is 9.97 Å². The van der Waals surface area contributed by atoms with E-state index in [1.807, 2.05) is 11.8 Å². The molecule has 2 heterocycles. The lowest BCUT2D eigenvalue weighted by Crippen LogP contribution is -2.18. The van der Waals surface area contributed by atoms with E-state index in [0.29, 0.717) is 6.61 Å². The number of thioether (sulfide) groups is 1. The monoisotopic (exact) mass is 307 g/mol.